The molecule has 0 atom stereocenters. The molecule has 5 nitrogen and oxygen atoms in total. The van der Waals surface area contributed by atoms with Crippen LogP contribution in [0.4, 0.5) is 5.69 Å². The lowest BCUT2D eigenvalue weighted by atomic mass is 10.0. The van der Waals surface area contributed by atoms with Gasteiger partial charge in [0.1, 0.15) is 5.02 Å². The van der Waals surface area contributed by atoms with Gasteiger partial charge in [-0.1, -0.05) is 29.3 Å². The third-order valence-electron chi connectivity index (χ3n) is 2.34. The van der Waals surface area contributed by atoms with Crippen molar-refractivity contribution >= 4 is 40.4 Å². The van der Waals surface area contributed by atoms with E-state index in [0.717, 1.165) is 0 Å². The Morgan fingerprint density at radius 2 is 2.06 bits per heavy atom. The van der Waals surface area contributed by atoms with Gasteiger partial charge in [0.15, 0.2) is 0 Å². The minimum Gasteiger partial charge on any atom is -0.347 e. The van der Waals surface area contributed by atoms with Crippen LogP contribution in [0.3, 0.4) is 0 Å². The molecule has 0 bridgehead atoms. The summed E-state index contributed by atoms with van der Waals surface area (Å²) in [7, 11) is 0. The second-order valence-electron chi connectivity index (χ2n) is 3.36. The highest BCUT2D eigenvalue weighted by Crippen LogP contribution is 2.36. The van der Waals surface area contributed by atoms with Crippen LogP contribution in [-0.2, 0) is 4.79 Å². The molecule has 0 fully saturated rings. The summed E-state index contributed by atoms with van der Waals surface area (Å²) >= 11 is 11.6. The molecule has 1 aromatic rings. The highest BCUT2D eigenvalue weighted by Gasteiger charge is 2.30. The Morgan fingerprint density at radius 1 is 1.35 bits per heavy atom. The van der Waals surface area contributed by atoms with Crippen LogP contribution < -0.4 is 5.32 Å². The van der Waals surface area contributed by atoms with Crippen molar-refractivity contribution in [3.8, 4) is 0 Å². The first-order valence-electron chi connectivity index (χ1n) is 4.62. The van der Waals surface area contributed by atoms with Crippen LogP contribution in [-0.4, -0.2) is 17.4 Å². The molecule has 7 heteroatoms. The van der Waals surface area contributed by atoms with Gasteiger partial charge in [0.05, 0.1) is 27.6 Å². The molecule has 1 heterocycles. The average Bonchev–Trinajstić information content (AvgIpc) is 2.57. The summed E-state index contributed by atoms with van der Waals surface area (Å²) in [5, 5.41) is 13.7. The molecule has 2 rings (SSSR count). The van der Waals surface area contributed by atoms with Crippen LogP contribution in [0.2, 0.25) is 5.02 Å². The minimum absolute atomic E-state index is 0.0239. The zero-order valence-electron chi connectivity index (χ0n) is 8.37. The number of nitro groups is 1. The molecule has 0 aliphatic carbocycles. The van der Waals surface area contributed by atoms with Crippen molar-refractivity contribution in [2.45, 2.75) is 0 Å². The lowest BCUT2D eigenvalue weighted by Gasteiger charge is -2.04. The fraction of sp³-hybridized carbons (Fsp3) is 0.100. The molecular formula is C10H6Cl2N2O3. The molecule has 0 saturated carbocycles. The van der Waals surface area contributed by atoms with E-state index in [4.69, 9.17) is 23.2 Å². The zero-order chi connectivity index (χ0) is 12.6. The number of rotatable bonds is 2. The number of nitro benzene ring substituents is 1. The topological polar surface area (TPSA) is 72.2 Å². The van der Waals surface area contributed by atoms with Crippen molar-refractivity contribution in [2.75, 3.05) is 6.54 Å². The molecule has 17 heavy (non-hydrogen) atoms. The van der Waals surface area contributed by atoms with E-state index >= 15 is 0 Å². The van der Waals surface area contributed by atoms with Crippen LogP contribution in [0, 0.1) is 10.1 Å². The van der Waals surface area contributed by atoms with Gasteiger partial charge < -0.3 is 5.32 Å². The van der Waals surface area contributed by atoms with Crippen LogP contribution in [0.5, 0.6) is 0 Å². The summed E-state index contributed by atoms with van der Waals surface area (Å²) in [4.78, 5) is 21.9. The Morgan fingerprint density at radius 3 is 2.59 bits per heavy atom. The van der Waals surface area contributed by atoms with E-state index in [9.17, 15) is 14.9 Å². The monoisotopic (exact) mass is 272 g/mol. The summed E-state index contributed by atoms with van der Waals surface area (Å²) in [6, 6.07) is 4.38. The molecule has 1 N–H and O–H groups in total. The maximum Gasteiger partial charge on any atom is 0.295 e. The van der Waals surface area contributed by atoms with E-state index < -0.39 is 10.8 Å². The Kier molecular flexibility index (Phi) is 3.04. The van der Waals surface area contributed by atoms with Gasteiger partial charge in [0.2, 0.25) is 0 Å². The summed E-state index contributed by atoms with van der Waals surface area (Å²) < 4.78 is 0. The first-order valence-corrected chi connectivity index (χ1v) is 5.38. The standard InChI is InChI=1S/C10H6Cl2N2O3/c11-6-3-1-2-5(9(6)14(16)17)8-7(12)4-13-10(8)15/h1-3H,4H2,(H,13,15). The van der Waals surface area contributed by atoms with Crippen LogP contribution >= 0.6 is 23.2 Å². The Hall–Kier alpha value is -1.59. The lowest BCUT2D eigenvalue weighted by molar-refractivity contribution is -0.385. The van der Waals surface area contributed by atoms with Crippen molar-refractivity contribution < 1.29 is 9.72 Å². The molecule has 0 radical (unpaired) electrons. The maximum absolute atomic E-state index is 11.6. The van der Waals surface area contributed by atoms with Crippen molar-refractivity contribution in [2.24, 2.45) is 0 Å². The second kappa shape index (κ2) is 4.35. The fourth-order valence-electron chi connectivity index (χ4n) is 1.63. The second-order valence-corrected chi connectivity index (χ2v) is 4.22. The third-order valence-corrected chi connectivity index (χ3v) is 2.97. The number of benzene rings is 1. The number of amides is 1. The largest absolute Gasteiger partial charge is 0.347 e. The Bertz CT molecular complexity index is 554. The predicted octanol–water partition coefficient (Wildman–Crippen LogP) is 2.33. The summed E-state index contributed by atoms with van der Waals surface area (Å²) in [6.45, 7) is 0.180. The molecule has 0 saturated heterocycles. The lowest BCUT2D eigenvalue weighted by Crippen LogP contribution is -2.17. The van der Waals surface area contributed by atoms with E-state index in [1.54, 1.807) is 0 Å². The molecule has 1 aliphatic rings. The van der Waals surface area contributed by atoms with E-state index in [1.807, 2.05) is 0 Å². The molecule has 1 aliphatic heterocycles. The number of nitrogens with one attached hydrogen (secondary N) is 1. The van der Waals surface area contributed by atoms with Gasteiger partial charge in [0.25, 0.3) is 11.6 Å². The number of hydrogen-bond acceptors (Lipinski definition) is 3. The number of para-hydroxylation sites is 1. The zero-order valence-corrected chi connectivity index (χ0v) is 9.88. The first-order chi connectivity index (χ1) is 8.02. The van der Waals surface area contributed by atoms with Gasteiger partial charge in [-0.25, -0.2) is 0 Å². The summed E-state index contributed by atoms with van der Waals surface area (Å²) in [6.07, 6.45) is 0. The van der Waals surface area contributed by atoms with Crippen molar-refractivity contribution in [3.63, 3.8) is 0 Å². The third kappa shape index (κ3) is 1.99. The molecule has 0 unspecified atom stereocenters. The van der Waals surface area contributed by atoms with Gasteiger partial charge in [-0.3, -0.25) is 14.9 Å². The van der Waals surface area contributed by atoms with E-state index in [0.29, 0.717) is 0 Å². The van der Waals surface area contributed by atoms with Gasteiger partial charge in [-0.15, -0.1) is 0 Å². The smallest absolute Gasteiger partial charge is 0.295 e. The first kappa shape index (κ1) is 11.9. The van der Waals surface area contributed by atoms with Crippen LogP contribution in [0.15, 0.2) is 23.2 Å². The molecule has 0 spiro atoms. The highest BCUT2D eigenvalue weighted by atomic mass is 35.5. The summed E-state index contributed by atoms with van der Waals surface area (Å²) in [5.74, 6) is -0.430. The number of carbonyl (C=O) groups excluding carboxylic acids is 1. The fourth-order valence-corrected chi connectivity index (χ4v) is 2.13. The molecule has 0 aromatic heterocycles. The average molecular weight is 273 g/mol. The van der Waals surface area contributed by atoms with E-state index in [-0.39, 0.29) is 33.4 Å². The number of hydrogen-bond donors (Lipinski definition) is 1. The quantitative estimate of drug-likeness (QED) is 0.663. The Labute approximate surface area is 106 Å². The maximum atomic E-state index is 11.6. The van der Waals surface area contributed by atoms with E-state index in [2.05, 4.69) is 5.32 Å². The summed E-state index contributed by atoms with van der Waals surface area (Å²) in [5.41, 5.74) is -0.0530. The molecule has 1 aromatic carbocycles. The van der Waals surface area contributed by atoms with Crippen LogP contribution in [0.25, 0.3) is 5.57 Å². The predicted molar refractivity (Wildman–Crippen MR) is 63.9 cm³/mol. The number of halogens is 2. The van der Waals surface area contributed by atoms with Gasteiger partial charge >= 0.3 is 0 Å². The molecular weight excluding hydrogens is 267 g/mol. The van der Waals surface area contributed by atoms with Crippen molar-refractivity contribution in [1.29, 1.82) is 0 Å². The Balaban J connectivity index is 2.68. The molecule has 1 amide bonds. The number of carbonyl (C=O) groups is 1. The number of nitrogens with zero attached hydrogens (tertiary/aromatic N) is 1. The minimum atomic E-state index is -0.625. The van der Waals surface area contributed by atoms with Gasteiger partial charge in [-0.2, -0.15) is 0 Å². The van der Waals surface area contributed by atoms with Crippen LogP contribution in [0.1, 0.15) is 5.56 Å². The molecule has 88 valence electrons. The van der Waals surface area contributed by atoms with Gasteiger partial charge in [0, 0.05) is 0 Å². The van der Waals surface area contributed by atoms with Crippen molar-refractivity contribution in [3.05, 3.63) is 43.9 Å². The van der Waals surface area contributed by atoms with Crippen molar-refractivity contribution in [1.82, 2.24) is 5.32 Å². The normalized spacial score (nSPS) is 15.1. The SMILES string of the molecule is O=C1NCC(Cl)=C1c1cccc(Cl)c1[N+](=O)[O-]. The van der Waals surface area contributed by atoms with Gasteiger partial charge in [-0.05, 0) is 12.1 Å². The highest BCUT2D eigenvalue weighted by molar-refractivity contribution is 6.42. The van der Waals surface area contributed by atoms with E-state index in [1.165, 1.54) is 18.2 Å².